The molecule has 0 spiro atoms. The van der Waals surface area contributed by atoms with E-state index in [1.54, 1.807) is 14.2 Å². The maximum absolute atomic E-state index is 12.8. The first kappa shape index (κ1) is 46.1. The third kappa shape index (κ3) is 7.45. The molecular weight excluding hydrogens is 864 g/mol. The molecule has 0 aliphatic carbocycles. The lowest BCUT2D eigenvalue weighted by atomic mass is 9.70. The Morgan fingerprint density at radius 3 is 1.35 bits per heavy atom. The summed E-state index contributed by atoms with van der Waals surface area (Å²) < 4.78 is 12.9. The van der Waals surface area contributed by atoms with Gasteiger partial charge < -0.3 is 53.5 Å². The summed E-state index contributed by atoms with van der Waals surface area (Å²) in [7, 11) is 3.38. The topological polar surface area (TPSA) is 84.7 Å². The van der Waals surface area contributed by atoms with E-state index in [0.29, 0.717) is 23.7 Å². The maximum atomic E-state index is 12.8. The van der Waals surface area contributed by atoms with Crippen LogP contribution in [0.5, 0.6) is 11.5 Å². The predicted molar refractivity (Wildman–Crippen MR) is 256 cm³/mol. The van der Waals surface area contributed by atoms with Gasteiger partial charge in [0.2, 0.25) is 0 Å². The molecule has 0 saturated carbocycles. The molecule has 2 N–H and O–H groups in total. The molecule has 8 nitrogen and oxygen atoms in total. The Morgan fingerprint density at radius 1 is 0.591 bits per heavy atom. The van der Waals surface area contributed by atoms with Crippen molar-refractivity contribution in [3.05, 3.63) is 157 Å². The zero-order chi connectivity index (χ0) is 43.7. The summed E-state index contributed by atoms with van der Waals surface area (Å²) in [4.78, 5) is 9.36. The van der Waals surface area contributed by atoms with Crippen molar-refractivity contribution in [1.82, 2.24) is 9.97 Å². The lowest BCUT2D eigenvalue weighted by Crippen LogP contribution is -3.00. The molecule has 4 bridgehead atoms. The first-order valence-corrected chi connectivity index (χ1v) is 23.4. The molecule has 8 heterocycles. The lowest BCUT2D eigenvalue weighted by molar-refractivity contribution is -0.984. The summed E-state index contributed by atoms with van der Waals surface area (Å²) in [6, 6.07) is 34.1. The third-order valence-corrected chi connectivity index (χ3v) is 16.8. The molecule has 10 heteroatoms. The highest BCUT2D eigenvalue weighted by molar-refractivity contribution is 6.05. The van der Waals surface area contributed by atoms with Crippen molar-refractivity contribution in [2.24, 2.45) is 23.7 Å². The summed E-state index contributed by atoms with van der Waals surface area (Å²) in [5.74, 6) is 3.29. The Bertz CT molecular complexity index is 2710. The van der Waals surface area contributed by atoms with Crippen molar-refractivity contribution in [2.75, 3.05) is 40.4 Å². The zero-order valence-electron chi connectivity index (χ0n) is 37.9. The van der Waals surface area contributed by atoms with Crippen LogP contribution >= 0.6 is 0 Å². The molecule has 2 aromatic heterocycles. The van der Waals surface area contributed by atoms with E-state index in [-0.39, 0.29) is 36.9 Å². The van der Waals surface area contributed by atoms with Crippen LogP contribution in [0.2, 0.25) is 0 Å². The van der Waals surface area contributed by atoms with Crippen molar-refractivity contribution >= 4 is 43.4 Å². The number of aromatic nitrogens is 2. The van der Waals surface area contributed by atoms with Gasteiger partial charge in [0.15, 0.2) is 0 Å². The molecular formula is C56H60Cl2N4O4. The van der Waals surface area contributed by atoms with Gasteiger partial charge in [-0.15, -0.1) is 13.2 Å². The first-order chi connectivity index (χ1) is 31.3. The van der Waals surface area contributed by atoms with Gasteiger partial charge in [-0.1, -0.05) is 60.7 Å². The molecule has 10 atom stereocenters. The number of hydrogen-bond donors (Lipinski definition) is 2. The van der Waals surface area contributed by atoms with E-state index < -0.39 is 12.2 Å². The number of hydrogen-bond acceptors (Lipinski definition) is 6. The van der Waals surface area contributed by atoms with Crippen LogP contribution in [0.4, 0.5) is 0 Å². The van der Waals surface area contributed by atoms with E-state index in [4.69, 9.17) is 9.47 Å². The summed E-state index contributed by atoms with van der Waals surface area (Å²) in [6.45, 7) is 14.3. The van der Waals surface area contributed by atoms with E-state index in [2.05, 4.69) is 83.8 Å². The van der Waals surface area contributed by atoms with E-state index in [1.807, 2.05) is 60.9 Å². The number of aliphatic hydroxyl groups is 2. The Balaban J connectivity index is 0.00000274. The number of fused-ring (bicyclic) bond motifs is 10. The highest BCUT2D eigenvalue weighted by Crippen LogP contribution is 2.52. The van der Waals surface area contributed by atoms with Crippen molar-refractivity contribution in [3.63, 3.8) is 0 Å². The number of nitrogens with zero attached hydrogens (tertiary/aromatic N) is 4. The standard InChI is InChI=1S/C56H60N4O4.2ClH/c1-5-35-31-59(25-21-37(35)27-53(59)55(61)45-19-23-57-51-17-15-39(63-3)29-47(45)51)33-49-41-11-7-9-13-43(41)50(44-14-10-8-12-42(44)49)34-60-26-22-38(36(6-2)32-60)28-54(60)56(62)46-20-24-58-52-18-16-40(64-4)30-48(46)52;;/h5-20,23-24,29-30,35-38,53-56,61-62H,1-2,21-22,25-28,31-34H2,3-4H3;2*1H/q+2;;/p-2/t35-,36-,37-,38-,53+,54+,55-,56-,59?,60?;;/m0../s1. The van der Waals surface area contributed by atoms with Gasteiger partial charge in [0.05, 0.1) is 51.4 Å². The number of pyridine rings is 2. The van der Waals surface area contributed by atoms with Crippen LogP contribution in [-0.4, -0.2) is 81.6 Å². The minimum Gasteiger partial charge on any atom is -1.00 e. The highest BCUT2D eigenvalue weighted by atomic mass is 35.5. The maximum Gasteiger partial charge on any atom is 0.131 e. The first-order valence-electron chi connectivity index (χ1n) is 23.4. The molecule has 6 aliphatic rings. The van der Waals surface area contributed by atoms with E-state index in [9.17, 15) is 10.2 Å². The fraction of sp³-hybridized carbons (Fsp3) is 0.357. The van der Waals surface area contributed by atoms with Crippen molar-refractivity contribution in [2.45, 2.75) is 63.1 Å². The van der Waals surface area contributed by atoms with Crippen molar-refractivity contribution in [1.29, 1.82) is 0 Å². The number of piperidine rings is 6. The van der Waals surface area contributed by atoms with Gasteiger partial charge >= 0.3 is 0 Å². The second kappa shape index (κ2) is 18.2. The molecule has 6 saturated heterocycles. The summed E-state index contributed by atoms with van der Waals surface area (Å²) in [5, 5.41) is 32.6. The second-order valence-electron chi connectivity index (χ2n) is 19.6. The van der Waals surface area contributed by atoms with E-state index in [0.717, 1.165) is 118 Å². The normalized spacial score (nSPS) is 27.5. The number of methoxy groups -OCH3 is 2. The second-order valence-corrected chi connectivity index (χ2v) is 19.6. The van der Waals surface area contributed by atoms with Crippen LogP contribution in [0.1, 0.15) is 60.1 Å². The predicted octanol–water partition coefficient (Wildman–Crippen LogP) is 4.40. The van der Waals surface area contributed by atoms with Crippen LogP contribution in [0.25, 0.3) is 43.4 Å². The molecule has 0 amide bonds. The minimum atomic E-state index is -0.680. The molecule has 5 aromatic carbocycles. The number of benzene rings is 5. The van der Waals surface area contributed by atoms with E-state index >= 15 is 0 Å². The zero-order valence-corrected chi connectivity index (χ0v) is 39.4. The average molecular weight is 924 g/mol. The Labute approximate surface area is 400 Å². The number of aliphatic hydroxyl groups excluding tert-OH is 2. The molecule has 342 valence electrons. The van der Waals surface area contributed by atoms with Crippen LogP contribution in [0.15, 0.2) is 135 Å². The van der Waals surface area contributed by atoms with Crippen LogP contribution in [0.3, 0.4) is 0 Å². The smallest absolute Gasteiger partial charge is 0.131 e. The number of quaternary nitrogens is 2. The van der Waals surface area contributed by atoms with E-state index in [1.165, 1.54) is 32.7 Å². The van der Waals surface area contributed by atoms with Gasteiger partial charge in [0.1, 0.15) is 48.9 Å². The van der Waals surface area contributed by atoms with Crippen molar-refractivity contribution < 1.29 is 53.5 Å². The Hall–Kier alpha value is -5.06. The molecule has 0 radical (unpaired) electrons. The SMILES string of the molecule is C=C[C@H]1C[N+]2(Cc3c4ccccc4c(C[N+]45CC[C@@H](C[C@@H]4[C@@H](O)c4ccnc6ccc(OC)cc46)[C@@H](C=C)C5)c4ccccc34)CC[C@H]1C[C@@H]2[C@@H](O)c1ccnc2ccc(OC)cc12.[Cl-].[Cl-]. The van der Waals surface area contributed by atoms with Gasteiger partial charge in [-0.05, 0) is 93.0 Å². The minimum absolute atomic E-state index is 0. The Kier molecular flexibility index (Phi) is 12.7. The van der Waals surface area contributed by atoms with Gasteiger partial charge in [0.25, 0.3) is 0 Å². The molecule has 2 unspecified atom stereocenters. The molecule has 6 fully saturated rings. The highest BCUT2D eigenvalue weighted by Gasteiger charge is 2.56. The number of ether oxygens (including phenoxy) is 2. The monoisotopic (exact) mass is 922 g/mol. The summed E-state index contributed by atoms with van der Waals surface area (Å²) in [6.07, 6.45) is 10.8. The van der Waals surface area contributed by atoms with Crippen molar-refractivity contribution in [3.8, 4) is 11.5 Å². The Morgan fingerprint density at radius 2 is 0.985 bits per heavy atom. The summed E-state index contributed by atoms with van der Waals surface area (Å²) in [5.41, 5.74) is 6.28. The van der Waals surface area contributed by atoms with Crippen LogP contribution in [-0.2, 0) is 13.1 Å². The molecule has 66 heavy (non-hydrogen) atoms. The largest absolute Gasteiger partial charge is 1.00 e. The van der Waals surface area contributed by atoms with Gasteiger partial charge in [0, 0.05) is 71.8 Å². The van der Waals surface area contributed by atoms with Crippen LogP contribution in [0, 0.1) is 23.7 Å². The van der Waals surface area contributed by atoms with Gasteiger partial charge in [-0.25, -0.2) is 0 Å². The molecule has 13 rings (SSSR count). The lowest BCUT2D eigenvalue weighted by Gasteiger charge is -2.58. The molecule has 6 aliphatic heterocycles. The van der Waals surface area contributed by atoms with Gasteiger partial charge in [-0.2, -0.15) is 0 Å². The number of rotatable bonds is 12. The number of halogens is 2. The quantitative estimate of drug-likeness (QED) is 0.108. The fourth-order valence-corrected chi connectivity index (χ4v) is 13.5. The fourth-order valence-electron chi connectivity index (χ4n) is 13.5. The van der Waals surface area contributed by atoms with Gasteiger partial charge in [-0.3, -0.25) is 9.97 Å². The average Bonchev–Trinajstić information content (AvgIpc) is 3.36. The third-order valence-electron chi connectivity index (χ3n) is 16.8. The van der Waals surface area contributed by atoms with Crippen LogP contribution < -0.4 is 34.3 Å². The molecule has 7 aromatic rings. The summed E-state index contributed by atoms with van der Waals surface area (Å²) >= 11 is 0.